The molecule has 0 aromatic carbocycles. The molecule has 0 bridgehead atoms. The van der Waals surface area contributed by atoms with Crippen molar-refractivity contribution in [1.29, 1.82) is 0 Å². The molecule has 0 amide bonds. The van der Waals surface area contributed by atoms with Crippen LogP contribution in [0.5, 0.6) is 0 Å². The van der Waals surface area contributed by atoms with Gasteiger partial charge in [-0.05, 0) is 56.9 Å². The normalized spacial score (nSPS) is 22.9. The zero-order valence-electron chi connectivity index (χ0n) is 16.4. The van der Waals surface area contributed by atoms with Gasteiger partial charge in [0.25, 0.3) is 0 Å². The van der Waals surface area contributed by atoms with Crippen LogP contribution >= 0.6 is 11.6 Å². The SMILES string of the molecule is Clc1cnc(N[C@@H]2CCCN(CC3CCNC3)C2)nc1-c1c[nH]c2ncccc12. The summed E-state index contributed by atoms with van der Waals surface area (Å²) >= 11 is 6.45. The topological polar surface area (TPSA) is 81.8 Å². The van der Waals surface area contributed by atoms with Crippen molar-refractivity contribution in [3.05, 3.63) is 35.7 Å². The fraction of sp³-hybridized carbons (Fsp3) is 0.476. The summed E-state index contributed by atoms with van der Waals surface area (Å²) in [6, 6.07) is 4.30. The lowest BCUT2D eigenvalue weighted by Gasteiger charge is -2.34. The summed E-state index contributed by atoms with van der Waals surface area (Å²) in [6.45, 7) is 5.71. The molecule has 0 saturated carbocycles. The van der Waals surface area contributed by atoms with Crippen molar-refractivity contribution in [3.63, 3.8) is 0 Å². The molecule has 2 aliphatic heterocycles. The minimum atomic E-state index is 0.358. The van der Waals surface area contributed by atoms with Crippen molar-refractivity contribution < 1.29 is 0 Å². The van der Waals surface area contributed by atoms with E-state index < -0.39 is 0 Å². The van der Waals surface area contributed by atoms with Gasteiger partial charge >= 0.3 is 0 Å². The van der Waals surface area contributed by atoms with E-state index in [1.807, 2.05) is 18.3 Å². The number of H-pyrrole nitrogens is 1. The second-order valence-corrected chi connectivity index (χ2v) is 8.50. The highest BCUT2D eigenvalue weighted by molar-refractivity contribution is 6.33. The van der Waals surface area contributed by atoms with E-state index in [1.165, 1.54) is 25.9 Å². The molecule has 3 N–H and O–H groups in total. The average molecular weight is 412 g/mol. The Hall–Kier alpha value is -2.22. The van der Waals surface area contributed by atoms with Gasteiger partial charge in [-0.2, -0.15) is 0 Å². The lowest BCUT2D eigenvalue weighted by Crippen LogP contribution is -2.44. The lowest BCUT2D eigenvalue weighted by atomic mass is 10.0. The minimum Gasteiger partial charge on any atom is -0.350 e. The van der Waals surface area contributed by atoms with Gasteiger partial charge < -0.3 is 20.5 Å². The Morgan fingerprint density at radius 1 is 1.28 bits per heavy atom. The Morgan fingerprint density at radius 2 is 2.24 bits per heavy atom. The van der Waals surface area contributed by atoms with Crippen LogP contribution in [0, 0.1) is 5.92 Å². The number of halogens is 1. The number of pyridine rings is 1. The summed E-state index contributed by atoms with van der Waals surface area (Å²) in [5, 5.41) is 8.57. The molecule has 5 rings (SSSR count). The maximum Gasteiger partial charge on any atom is 0.223 e. The minimum absolute atomic E-state index is 0.358. The maximum absolute atomic E-state index is 6.45. The Balaban J connectivity index is 1.32. The van der Waals surface area contributed by atoms with Crippen LogP contribution in [0.2, 0.25) is 5.02 Å². The Labute approximate surface area is 175 Å². The molecular formula is C21H26ClN7. The quantitative estimate of drug-likeness (QED) is 0.598. The van der Waals surface area contributed by atoms with Gasteiger partial charge in [0.2, 0.25) is 5.95 Å². The third-order valence-electron chi connectivity index (χ3n) is 5.97. The molecule has 0 aliphatic carbocycles. The predicted octanol–water partition coefficient (Wildman–Crippen LogP) is 3.16. The van der Waals surface area contributed by atoms with Gasteiger partial charge in [-0.1, -0.05) is 11.6 Å². The molecule has 1 unspecified atom stereocenters. The smallest absolute Gasteiger partial charge is 0.223 e. The van der Waals surface area contributed by atoms with Crippen LogP contribution in [0.25, 0.3) is 22.3 Å². The fourth-order valence-electron chi connectivity index (χ4n) is 4.53. The van der Waals surface area contributed by atoms with Crippen molar-refractivity contribution >= 4 is 28.6 Å². The van der Waals surface area contributed by atoms with E-state index in [0.29, 0.717) is 17.0 Å². The van der Waals surface area contributed by atoms with Crippen LogP contribution in [-0.2, 0) is 0 Å². The molecule has 2 saturated heterocycles. The number of hydrogen-bond acceptors (Lipinski definition) is 6. The number of aromatic amines is 1. The van der Waals surface area contributed by atoms with E-state index in [4.69, 9.17) is 16.6 Å². The number of nitrogens with one attached hydrogen (secondary N) is 3. The number of anilines is 1. The van der Waals surface area contributed by atoms with Gasteiger partial charge in [-0.3, -0.25) is 0 Å². The monoisotopic (exact) mass is 411 g/mol. The van der Waals surface area contributed by atoms with Crippen LogP contribution in [-0.4, -0.2) is 63.6 Å². The van der Waals surface area contributed by atoms with E-state index >= 15 is 0 Å². The number of aromatic nitrogens is 4. The largest absolute Gasteiger partial charge is 0.350 e. The molecule has 29 heavy (non-hydrogen) atoms. The third kappa shape index (κ3) is 4.08. The highest BCUT2D eigenvalue weighted by atomic mass is 35.5. The molecule has 3 aromatic heterocycles. The Kier molecular flexibility index (Phi) is 5.35. The van der Waals surface area contributed by atoms with Crippen molar-refractivity contribution in [2.24, 2.45) is 5.92 Å². The first-order chi connectivity index (χ1) is 14.3. The fourth-order valence-corrected chi connectivity index (χ4v) is 4.73. The summed E-state index contributed by atoms with van der Waals surface area (Å²) in [4.78, 5) is 19.3. The first kappa shape index (κ1) is 18.8. The van der Waals surface area contributed by atoms with Gasteiger partial charge in [0, 0.05) is 42.5 Å². The van der Waals surface area contributed by atoms with Crippen LogP contribution in [0.3, 0.4) is 0 Å². The van der Waals surface area contributed by atoms with Crippen molar-refractivity contribution in [1.82, 2.24) is 30.2 Å². The molecule has 0 spiro atoms. The van der Waals surface area contributed by atoms with Crippen molar-refractivity contribution in [2.75, 3.05) is 38.0 Å². The van der Waals surface area contributed by atoms with Crippen molar-refractivity contribution in [3.8, 4) is 11.3 Å². The Bertz CT molecular complexity index is 982. The highest BCUT2D eigenvalue weighted by Crippen LogP contribution is 2.31. The van der Waals surface area contributed by atoms with Crippen LogP contribution in [0.4, 0.5) is 5.95 Å². The van der Waals surface area contributed by atoms with Gasteiger partial charge in [-0.25, -0.2) is 15.0 Å². The zero-order valence-corrected chi connectivity index (χ0v) is 17.1. The summed E-state index contributed by atoms with van der Waals surface area (Å²) in [7, 11) is 0. The van der Waals surface area contributed by atoms with Crippen LogP contribution in [0.1, 0.15) is 19.3 Å². The molecule has 2 aliphatic rings. The summed E-state index contributed by atoms with van der Waals surface area (Å²) in [5.41, 5.74) is 2.51. The molecule has 8 heteroatoms. The van der Waals surface area contributed by atoms with Crippen LogP contribution in [0.15, 0.2) is 30.7 Å². The predicted molar refractivity (Wildman–Crippen MR) is 116 cm³/mol. The molecule has 152 valence electrons. The number of hydrogen-bond donors (Lipinski definition) is 3. The first-order valence-corrected chi connectivity index (χ1v) is 10.8. The van der Waals surface area contributed by atoms with E-state index in [1.54, 1.807) is 12.4 Å². The molecule has 2 atom stereocenters. The molecular weight excluding hydrogens is 386 g/mol. The molecule has 5 heterocycles. The molecule has 3 aromatic rings. The number of rotatable bonds is 5. The second-order valence-electron chi connectivity index (χ2n) is 8.09. The number of fused-ring (bicyclic) bond motifs is 1. The number of piperidine rings is 1. The number of likely N-dealkylation sites (tertiary alicyclic amines) is 1. The van der Waals surface area contributed by atoms with Gasteiger partial charge in [0.15, 0.2) is 0 Å². The highest BCUT2D eigenvalue weighted by Gasteiger charge is 2.24. The molecule has 0 radical (unpaired) electrons. The molecule has 2 fully saturated rings. The molecule has 7 nitrogen and oxygen atoms in total. The van der Waals surface area contributed by atoms with Gasteiger partial charge in [-0.15, -0.1) is 0 Å². The third-order valence-corrected chi connectivity index (χ3v) is 6.24. The summed E-state index contributed by atoms with van der Waals surface area (Å²) in [5.74, 6) is 1.42. The Morgan fingerprint density at radius 3 is 3.14 bits per heavy atom. The van der Waals surface area contributed by atoms with Gasteiger partial charge in [0.1, 0.15) is 5.65 Å². The second kappa shape index (κ2) is 8.26. The van der Waals surface area contributed by atoms with Crippen LogP contribution < -0.4 is 10.6 Å². The van der Waals surface area contributed by atoms with Gasteiger partial charge in [0.05, 0.1) is 16.9 Å². The zero-order chi connectivity index (χ0) is 19.6. The lowest BCUT2D eigenvalue weighted by molar-refractivity contribution is 0.190. The summed E-state index contributed by atoms with van der Waals surface area (Å²) < 4.78 is 0. The van der Waals surface area contributed by atoms with E-state index in [9.17, 15) is 0 Å². The van der Waals surface area contributed by atoms with E-state index in [0.717, 1.165) is 54.3 Å². The standard InChI is InChI=1S/C21H26ClN7/c22-18-11-26-21(28-19(18)17-10-25-20-16(17)4-1-6-24-20)27-15-3-2-8-29(13-15)12-14-5-7-23-9-14/h1,4,6,10-11,14-15,23H,2-3,5,7-9,12-13H2,(H,24,25)(H,26,27,28)/t14?,15-/m1/s1. The first-order valence-electron chi connectivity index (χ1n) is 10.4. The summed E-state index contributed by atoms with van der Waals surface area (Å²) in [6.07, 6.45) is 9.00. The number of nitrogens with zero attached hydrogens (tertiary/aromatic N) is 4. The van der Waals surface area contributed by atoms with E-state index in [-0.39, 0.29) is 0 Å². The average Bonchev–Trinajstić information content (AvgIpc) is 3.40. The maximum atomic E-state index is 6.45. The van der Waals surface area contributed by atoms with E-state index in [2.05, 4.69) is 30.5 Å². The van der Waals surface area contributed by atoms with Crippen molar-refractivity contribution in [2.45, 2.75) is 25.3 Å².